The highest BCUT2D eigenvalue weighted by atomic mass is 32.1. The van der Waals surface area contributed by atoms with Crippen molar-refractivity contribution in [2.24, 2.45) is 0 Å². The van der Waals surface area contributed by atoms with Crippen molar-refractivity contribution in [2.45, 2.75) is 25.3 Å². The van der Waals surface area contributed by atoms with E-state index in [-0.39, 0.29) is 17.5 Å². The van der Waals surface area contributed by atoms with E-state index in [2.05, 4.69) is 15.1 Å². The molecule has 0 spiro atoms. The average Bonchev–Trinajstić information content (AvgIpc) is 3.25. The van der Waals surface area contributed by atoms with E-state index in [1.165, 1.54) is 21.9 Å². The molecule has 3 aromatic rings. The van der Waals surface area contributed by atoms with Crippen LogP contribution in [0.3, 0.4) is 0 Å². The van der Waals surface area contributed by atoms with Crippen molar-refractivity contribution in [2.75, 3.05) is 6.54 Å². The molecule has 0 unspecified atom stereocenters. The van der Waals surface area contributed by atoms with Gasteiger partial charge in [-0.2, -0.15) is 0 Å². The number of carbonyl (C=O) groups is 1. The Morgan fingerprint density at radius 1 is 1.39 bits per heavy atom. The highest BCUT2D eigenvalue weighted by molar-refractivity contribution is 7.11. The number of likely N-dealkylation sites (tertiary alicyclic amines) is 1. The first-order valence-electron chi connectivity index (χ1n) is 7.50. The first-order valence-corrected chi connectivity index (χ1v) is 8.38. The number of H-pyrrole nitrogens is 1. The molecular formula is C15H15N5O2S. The molecule has 118 valence electrons. The molecular weight excluding hydrogens is 314 g/mol. The first kappa shape index (κ1) is 14.1. The maximum atomic E-state index is 12.7. The Morgan fingerprint density at radius 2 is 2.30 bits per heavy atom. The lowest BCUT2D eigenvalue weighted by atomic mass is 9.99. The van der Waals surface area contributed by atoms with Crippen LogP contribution < -0.4 is 5.56 Å². The molecule has 23 heavy (non-hydrogen) atoms. The summed E-state index contributed by atoms with van der Waals surface area (Å²) in [5.41, 5.74) is 2.73. The van der Waals surface area contributed by atoms with Crippen molar-refractivity contribution in [1.29, 1.82) is 0 Å². The van der Waals surface area contributed by atoms with Gasteiger partial charge >= 0.3 is 0 Å². The zero-order chi connectivity index (χ0) is 15.8. The number of hydrogen-bond acceptors (Lipinski definition) is 5. The van der Waals surface area contributed by atoms with Gasteiger partial charge in [-0.1, -0.05) is 0 Å². The van der Waals surface area contributed by atoms with Crippen LogP contribution in [0.15, 0.2) is 34.8 Å². The van der Waals surface area contributed by atoms with Gasteiger partial charge in [0.1, 0.15) is 4.88 Å². The summed E-state index contributed by atoms with van der Waals surface area (Å²) < 4.78 is 1.39. The summed E-state index contributed by atoms with van der Waals surface area (Å²) in [4.78, 5) is 35.9. The van der Waals surface area contributed by atoms with Crippen LogP contribution in [-0.4, -0.2) is 36.9 Å². The van der Waals surface area contributed by atoms with E-state index in [1.807, 2.05) is 4.90 Å². The number of thiazole rings is 1. The molecule has 3 aromatic heterocycles. The fraction of sp³-hybridized carbons (Fsp3) is 0.333. The quantitative estimate of drug-likeness (QED) is 0.778. The Kier molecular flexibility index (Phi) is 3.45. The number of nitrogens with one attached hydrogen (secondary N) is 1. The molecule has 1 amide bonds. The van der Waals surface area contributed by atoms with Gasteiger partial charge in [0.05, 0.1) is 23.4 Å². The van der Waals surface area contributed by atoms with E-state index in [0.717, 1.165) is 19.3 Å². The lowest BCUT2D eigenvalue weighted by Gasteiger charge is -2.35. The van der Waals surface area contributed by atoms with Crippen LogP contribution >= 0.6 is 11.3 Å². The Hall–Kier alpha value is -2.48. The lowest BCUT2D eigenvalue weighted by molar-refractivity contribution is 0.0611. The summed E-state index contributed by atoms with van der Waals surface area (Å²) >= 11 is 1.34. The fourth-order valence-corrected chi connectivity index (χ4v) is 3.64. The number of aromatic amines is 1. The summed E-state index contributed by atoms with van der Waals surface area (Å²) in [7, 11) is 0. The van der Waals surface area contributed by atoms with Gasteiger partial charge < -0.3 is 4.90 Å². The van der Waals surface area contributed by atoms with Crippen molar-refractivity contribution in [3.05, 3.63) is 51.0 Å². The molecule has 1 saturated heterocycles. The molecule has 8 heteroatoms. The second-order valence-corrected chi connectivity index (χ2v) is 6.44. The highest BCUT2D eigenvalue weighted by Gasteiger charge is 2.30. The molecule has 0 bridgehead atoms. The molecule has 1 aliphatic rings. The molecule has 0 saturated carbocycles. The predicted octanol–water partition coefficient (Wildman–Crippen LogP) is 1.85. The number of piperidine rings is 1. The molecule has 4 rings (SSSR count). The van der Waals surface area contributed by atoms with Crippen molar-refractivity contribution in [3.63, 3.8) is 0 Å². The van der Waals surface area contributed by atoms with Crippen molar-refractivity contribution >= 4 is 22.9 Å². The minimum Gasteiger partial charge on any atom is -0.329 e. The third-order valence-electron chi connectivity index (χ3n) is 4.15. The Bertz CT molecular complexity index is 898. The Morgan fingerprint density at radius 3 is 3.13 bits per heavy atom. The molecule has 0 aromatic carbocycles. The van der Waals surface area contributed by atoms with Crippen LogP contribution in [0.4, 0.5) is 0 Å². The Labute approximate surface area is 135 Å². The van der Waals surface area contributed by atoms with Gasteiger partial charge in [0.2, 0.25) is 0 Å². The molecule has 1 N–H and O–H groups in total. The molecule has 7 nitrogen and oxygen atoms in total. The summed E-state index contributed by atoms with van der Waals surface area (Å²) in [6.45, 7) is 0.676. The van der Waals surface area contributed by atoms with E-state index >= 15 is 0 Å². The fourth-order valence-electron chi connectivity index (χ4n) is 3.06. The Balaban J connectivity index is 1.74. The minimum absolute atomic E-state index is 0.0340. The van der Waals surface area contributed by atoms with Gasteiger partial charge in [0, 0.05) is 24.9 Å². The van der Waals surface area contributed by atoms with E-state index in [4.69, 9.17) is 0 Å². The summed E-state index contributed by atoms with van der Waals surface area (Å²) in [5, 5.41) is 2.83. The van der Waals surface area contributed by atoms with Gasteiger partial charge in [-0.3, -0.25) is 19.7 Å². The van der Waals surface area contributed by atoms with Gasteiger partial charge in [-0.05, 0) is 19.3 Å². The number of rotatable bonds is 2. The molecule has 4 heterocycles. The van der Waals surface area contributed by atoms with Crippen LogP contribution in [0.1, 0.15) is 40.7 Å². The number of hydrogen-bond donors (Lipinski definition) is 1. The molecule has 1 fully saturated rings. The lowest BCUT2D eigenvalue weighted by Crippen LogP contribution is -2.39. The topological polar surface area (TPSA) is 83.4 Å². The second kappa shape index (κ2) is 5.62. The number of nitrogens with zero attached hydrogens (tertiary/aromatic N) is 4. The van der Waals surface area contributed by atoms with Crippen molar-refractivity contribution in [1.82, 2.24) is 24.5 Å². The monoisotopic (exact) mass is 329 g/mol. The number of carbonyl (C=O) groups excluding carboxylic acids is 1. The third-order valence-corrected chi connectivity index (χ3v) is 4.91. The first-order chi connectivity index (χ1) is 11.2. The van der Waals surface area contributed by atoms with Gasteiger partial charge in [0.25, 0.3) is 11.5 Å². The highest BCUT2D eigenvalue weighted by Crippen LogP contribution is 2.31. The molecule has 1 aliphatic heterocycles. The third kappa shape index (κ3) is 2.44. The van der Waals surface area contributed by atoms with Gasteiger partial charge in [0.15, 0.2) is 5.65 Å². The van der Waals surface area contributed by atoms with E-state index < -0.39 is 0 Å². The van der Waals surface area contributed by atoms with Crippen LogP contribution in [0.5, 0.6) is 0 Å². The number of amides is 1. The van der Waals surface area contributed by atoms with Crippen LogP contribution in [0.25, 0.3) is 5.65 Å². The standard InChI is InChI=1S/C15H15N5O2S/c21-14-7-10(18-13-4-5-17-20(13)14)11-3-1-2-6-19(11)15(22)12-8-16-9-23-12/h4-5,7-9,11,17H,1-3,6H2/t11-/m0/s1. The number of fused-ring (bicyclic) bond motifs is 1. The van der Waals surface area contributed by atoms with Crippen LogP contribution in [0, 0.1) is 0 Å². The summed E-state index contributed by atoms with van der Waals surface area (Å²) in [6.07, 6.45) is 6.07. The van der Waals surface area contributed by atoms with Gasteiger partial charge in [-0.25, -0.2) is 9.50 Å². The summed E-state index contributed by atoms with van der Waals surface area (Å²) in [5.74, 6) is -0.0340. The minimum atomic E-state index is -0.161. The predicted molar refractivity (Wildman–Crippen MR) is 85.6 cm³/mol. The second-order valence-electron chi connectivity index (χ2n) is 5.55. The maximum Gasteiger partial charge on any atom is 0.272 e. The maximum absolute atomic E-state index is 12.7. The molecule has 1 atom stereocenters. The zero-order valence-electron chi connectivity index (χ0n) is 12.3. The SMILES string of the molecule is O=C(c1cncs1)N1CCCC[C@H]1c1cc(=O)n2[nH]ccc2n1. The summed E-state index contributed by atoms with van der Waals surface area (Å²) in [6, 6.07) is 3.11. The smallest absolute Gasteiger partial charge is 0.272 e. The van der Waals surface area contributed by atoms with E-state index in [1.54, 1.807) is 24.0 Å². The number of aromatic nitrogens is 4. The van der Waals surface area contributed by atoms with Gasteiger partial charge in [-0.15, -0.1) is 11.3 Å². The largest absolute Gasteiger partial charge is 0.329 e. The van der Waals surface area contributed by atoms with E-state index in [9.17, 15) is 9.59 Å². The zero-order valence-corrected chi connectivity index (χ0v) is 13.1. The van der Waals surface area contributed by atoms with Crippen LogP contribution in [-0.2, 0) is 0 Å². The van der Waals surface area contributed by atoms with Crippen molar-refractivity contribution < 1.29 is 4.79 Å². The van der Waals surface area contributed by atoms with Crippen molar-refractivity contribution in [3.8, 4) is 0 Å². The molecule has 0 aliphatic carbocycles. The van der Waals surface area contributed by atoms with E-state index in [0.29, 0.717) is 22.8 Å². The average molecular weight is 329 g/mol. The molecule has 0 radical (unpaired) electrons. The normalized spacial score (nSPS) is 18.4. The van der Waals surface area contributed by atoms with Crippen LogP contribution in [0.2, 0.25) is 0 Å².